The Hall–Kier alpha value is 1.07. The van der Waals surface area contributed by atoms with E-state index in [2.05, 4.69) is 66.8 Å². The molecule has 2 aliphatic heterocycles. The molecule has 2 heterocycles. The largest absolute Gasteiger partial charge is 1.00 e. The molecule has 2 radical (unpaired) electrons. The van der Waals surface area contributed by atoms with E-state index in [0.717, 1.165) is 0 Å². The summed E-state index contributed by atoms with van der Waals surface area (Å²) >= 11 is 1.74. The van der Waals surface area contributed by atoms with Gasteiger partial charge >= 0.3 is 41.9 Å². The van der Waals surface area contributed by atoms with Gasteiger partial charge in [0.15, 0.2) is 0 Å². The molecule has 0 aromatic rings. The van der Waals surface area contributed by atoms with Gasteiger partial charge in [0.2, 0.25) is 0 Å². The van der Waals surface area contributed by atoms with Crippen LogP contribution in [0.15, 0.2) is 44.1 Å². The molecule has 0 atom stereocenters. The minimum Gasteiger partial charge on any atom is -1.00 e. The minimum absolute atomic E-state index is 0. The summed E-state index contributed by atoms with van der Waals surface area (Å²) in [5.74, 6) is 0. The number of allylic oxidation sites excluding steroid dienone is 8. The summed E-state index contributed by atoms with van der Waals surface area (Å²) in [6, 6.07) is 0. The fourth-order valence-electron chi connectivity index (χ4n) is 4.81. The summed E-state index contributed by atoms with van der Waals surface area (Å²) in [7, 11) is 1.07. The monoisotopic (exact) mass is 572 g/mol. The zero-order valence-corrected chi connectivity index (χ0v) is 27.6. The maximum Gasteiger partial charge on any atom is -1.00 e. The molecule has 0 nitrogen and oxygen atoms in total. The molecule has 0 amide bonds. The van der Waals surface area contributed by atoms with Crippen molar-refractivity contribution < 1.29 is 48.1 Å². The quantitative estimate of drug-likeness (QED) is 0.368. The molecular formula is C24H40Cl2Si3Zr. The molecular weight excluding hydrogens is 535 g/mol. The molecule has 0 unspecified atom stereocenters. The number of rotatable bonds is 0. The average Bonchev–Trinajstić information content (AvgIpc) is 3.10. The van der Waals surface area contributed by atoms with E-state index in [-0.39, 0.29) is 30.2 Å². The van der Waals surface area contributed by atoms with Crippen LogP contribution in [0.5, 0.6) is 0 Å². The topological polar surface area (TPSA) is 0 Å². The Labute approximate surface area is 219 Å². The third kappa shape index (κ3) is 8.78. The number of hydrogen-bond acceptors (Lipinski definition) is 0. The van der Waals surface area contributed by atoms with Crippen LogP contribution in [0.3, 0.4) is 0 Å². The zero-order chi connectivity index (χ0) is 21.1. The van der Waals surface area contributed by atoms with Crippen LogP contribution in [-0.2, 0) is 23.3 Å². The number of hydrogen-bond donors (Lipinski definition) is 0. The third-order valence-corrected chi connectivity index (χ3v) is 9.33. The van der Waals surface area contributed by atoms with Gasteiger partial charge in [-0.25, -0.2) is 0 Å². The molecule has 6 heteroatoms. The van der Waals surface area contributed by atoms with Crippen molar-refractivity contribution in [3.63, 3.8) is 0 Å². The molecule has 0 bridgehead atoms. The molecule has 0 saturated carbocycles. The molecule has 0 aromatic heterocycles. The maximum atomic E-state index is 2.46. The second kappa shape index (κ2) is 13.1. The zero-order valence-electron chi connectivity index (χ0n) is 20.3. The molecule has 2 aliphatic carbocycles. The van der Waals surface area contributed by atoms with Crippen LogP contribution >= 0.6 is 0 Å². The van der Waals surface area contributed by atoms with Gasteiger partial charge < -0.3 is 24.8 Å². The normalized spacial score (nSPS) is 22.6. The van der Waals surface area contributed by atoms with Crippen LogP contribution < -0.4 is 24.8 Å². The Bertz CT molecular complexity index is 696. The van der Waals surface area contributed by atoms with Crippen LogP contribution in [0.1, 0.15) is 80.1 Å². The Morgan fingerprint density at radius 3 is 1.33 bits per heavy atom. The van der Waals surface area contributed by atoms with E-state index in [0.29, 0.717) is 29.9 Å². The van der Waals surface area contributed by atoms with Gasteiger partial charge in [0.05, 0.1) is 19.0 Å². The van der Waals surface area contributed by atoms with Crippen molar-refractivity contribution in [3.05, 3.63) is 44.1 Å². The maximum absolute atomic E-state index is 2.46. The molecule has 4 rings (SSSR count). The van der Waals surface area contributed by atoms with Gasteiger partial charge in [-0.05, 0) is 74.3 Å². The van der Waals surface area contributed by atoms with Crippen LogP contribution in [0, 0.1) is 10.8 Å². The summed E-state index contributed by atoms with van der Waals surface area (Å²) in [5, 5.41) is 6.91. The van der Waals surface area contributed by atoms with Gasteiger partial charge in [-0.3, -0.25) is 0 Å². The molecule has 30 heavy (non-hydrogen) atoms. The smallest absolute Gasteiger partial charge is 1.00 e. The third-order valence-electron chi connectivity index (χ3n) is 6.19. The summed E-state index contributed by atoms with van der Waals surface area (Å²) < 4.78 is 0. The first kappa shape index (κ1) is 31.1. The van der Waals surface area contributed by atoms with Crippen molar-refractivity contribution in [1.82, 2.24) is 0 Å². The summed E-state index contributed by atoms with van der Waals surface area (Å²) in [6.07, 6.45) is 13.3. The molecule has 4 aliphatic rings. The summed E-state index contributed by atoms with van der Waals surface area (Å²) in [5.41, 5.74) is 4.57. The first-order valence-electron chi connectivity index (χ1n) is 11.0. The minimum atomic E-state index is 0. The van der Waals surface area contributed by atoms with Crippen molar-refractivity contribution in [2.75, 3.05) is 0 Å². The summed E-state index contributed by atoms with van der Waals surface area (Å²) in [6.45, 7) is 18.8. The average molecular weight is 575 g/mol. The van der Waals surface area contributed by atoms with E-state index < -0.39 is 0 Å². The van der Waals surface area contributed by atoms with Gasteiger partial charge in [-0.15, -0.1) is 0 Å². The second-order valence-corrected chi connectivity index (χ2v) is 23.6. The van der Waals surface area contributed by atoms with Crippen molar-refractivity contribution in [3.8, 4) is 0 Å². The molecule has 0 aromatic carbocycles. The molecule has 0 spiro atoms. The molecule has 0 fully saturated rings. The van der Waals surface area contributed by atoms with Crippen LogP contribution in [-0.4, -0.2) is 24.5 Å². The van der Waals surface area contributed by atoms with E-state index in [9.17, 15) is 0 Å². The van der Waals surface area contributed by atoms with Crippen molar-refractivity contribution in [2.24, 2.45) is 10.8 Å². The fraction of sp³-hybridized carbons (Fsp3) is 0.667. The van der Waals surface area contributed by atoms with E-state index in [1.807, 2.05) is 10.4 Å². The Morgan fingerprint density at radius 1 is 0.767 bits per heavy atom. The Morgan fingerprint density at radius 2 is 1.07 bits per heavy atom. The number of halogens is 2. The first-order chi connectivity index (χ1) is 12.9. The van der Waals surface area contributed by atoms with E-state index in [1.54, 1.807) is 44.9 Å². The van der Waals surface area contributed by atoms with Crippen LogP contribution in [0.2, 0.25) is 13.1 Å². The second-order valence-electron chi connectivity index (χ2n) is 10.4. The predicted molar refractivity (Wildman–Crippen MR) is 129 cm³/mol. The van der Waals surface area contributed by atoms with E-state index >= 15 is 0 Å². The van der Waals surface area contributed by atoms with Gasteiger partial charge in [-0.1, -0.05) is 60.6 Å². The SMILES string of the molecule is CC1=CC2=C(CCCC2(C)C)[SiH]1.CC1=CC2=C(CCCC2(C)C)[SiH]1.C[Si](C)=[Zr+2].[Cl-].[Cl-]. The summed E-state index contributed by atoms with van der Waals surface area (Å²) in [4.78, 5) is 0. The molecule has 0 N–H and O–H groups in total. The first-order valence-corrected chi connectivity index (χ1v) is 19.5. The van der Waals surface area contributed by atoms with Gasteiger partial charge in [0, 0.05) is 0 Å². The van der Waals surface area contributed by atoms with Crippen molar-refractivity contribution in [2.45, 2.75) is 93.2 Å². The van der Waals surface area contributed by atoms with Gasteiger partial charge in [0.1, 0.15) is 0 Å². The Balaban J connectivity index is 0.000000452. The molecule has 0 saturated heterocycles. The van der Waals surface area contributed by atoms with Crippen LogP contribution in [0.4, 0.5) is 0 Å². The van der Waals surface area contributed by atoms with Crippen molar-refractivity contribution in [1.29, 1.82) is 0 Å². The predicted octanol–water partition coefficient (Wildman–Crippen LogP) is 0.401. The van der Waals surface area contributed by atoms with E-state index in [1.165, 1.54) is 38.5 Å². The van der Waals surface area contributed by atoms with Gasteiger partial charge in [0.25, 0.3) is 0 Å². The fourth-order valence-corrected chi connectivity index (χ4v) is 8.37. The van der Waals surface area contributed by atoms with Crippen molar-refractivity contribution >= 4 is 24.5 Å². The van der Waals surface area contributed by atoms with Gasteiger partial charge in [-0.2, -0.15) is 0 Å². The molecule has 166 valence electrons. The standard InChI is InChI=1S/2C11H17Si.C2H6Si.2ClH.Zr/c2*1-8-7-9-10(12-8)5-4-6-11(9,2)3;1-3-2;;;/h2*7,12H,4-6H2,1-3H3;1-2H3;2*1H;/q;;;;;+2/p-2. The van der Waals surface area contributed by atoms with E-state index in [4.69, 9.17) is 0 Å². The van der Waals surface area contributed by atoms with Crippen LogP contribution in [0.25, 0.3) is 0 Å². The Kier molecular flexibility index (Phi) is 13.6.